The lowest BCUT2D eigenvalue weighted by Gasteiger charge is -2.11. The van der Waals surface area contributed by atoms with Crippen molar-refractivity contribution in [3.8, 4) is 56.4 Å². The van der Waals surface area contributed by atoms with Crippen LogP contribution >= 0.6 is 0 Å². The first kappa shape index (κ1) is 22.2. The normalized spacial score (nSPS) is 11.9. The Morgan fingerprint density at radius 3 is 2.05 bits per heavy atom. The molecule has 0 N–H and O–H groups in total. The van der Waals surface area contributed by atoms with Crippen LogP contribution in [0.25, 0.3) is 89.3 Å². The zero-order chi connectivity index (χ0) is 26.9. The fraction of sp³-hybridized carbons (Fsp3) is 0. The van der Waals surface area contributed by atoms with Crippen molar-refractivity contribution in [3.05, 3.63) is 121 Å². The highest BCUT2D eigenvalue weighted by atomic mass is 16.3. The van der Waals surface area contributed by atoms with Gasteiger partial charge < -0.3 is 4.42 Å². The van der Waals surface area contributed by atoms with Crippen LogP contribution in [-0.2, 0) is 0 Å². The minimum atomic E-state index is 0.565. The van der Waals surface area contributed by atoms with Crippen molar-refractivity contribution in [1.29, 1.82) is 0 Å². The van der Waals surface area contributed by atoms with Gasteiger partial charge in [-0.25, -0.2) is 19.9 Å². The number of rotatable bonds is 3. The van der Waals surface area contributed by atoms with E-state index in [2.05, 4.69) is 59.6 Å². The van der Waals surface area contributed by atoms with Gasteiger partial charge in [-0.2, -0.15) is 0 Å². The van der Waals surface area contributed by atoms with Gasteiger partial charge in [0.2, 0.25) is 5.71 Å². The summed E-state index contributed by atoms with van der Waals surface area (Å²) in [5.74, 6) is 1.83. The van der Waals surface area contributed by atoms with Crippen LogP contribution in [0.3, 0.4) is 0 Å². The topological polar surface area (TPSA) is 64.7 Å². The molecule has 0 spiro atoms. The van der Waals surface area contributed by atoms with Crippen molar-refractivity contribution in [2.75, 3.05) is 0 Å². The number of hydrogen-bond donors (Lipinski definition) is 0. The van der Waals surface area contributed by atoms with Gasteiger partial charge in [0, 0.05) is 28.3 Å². The van der Waals surface area contributed by atoms with E-state index in [4.69, 9.17) is 19.4 Å². The molecule has 5 heteroatoms. The van der Waals surface area contributed by atoms with Gasteiger partial charge >= 0.3 is 0 Å². The van der Waals surface area contributed by atoms with Gasteiger partial charge in [-0.05, 0) is 57.3 Å². The van der Waals surface area contributed by atoms with Crippen LogP contribution in [0, 0.1) is 0 Å². The van der Waals surface area contributed by atoms with E-state index in [1.807, 2.05) is 60.7 Å². The van der Waals surface area contributed by atoms with Gasteiger partial charge in [-0.3, -0.25) is 0 Å². The number of pyridine rings is 1. The predicted molar refractivity (Wildman–Crippen MR) is 163 cm³/mol. The van der Waals surface area contributed by atoms with Gasteiger partial charge in [-0.1, -0.05) is 91.0 Å². The third-order valence-electron chi connectivity index (χ3n) is 7.93. The number of fused-ring (bicyclic) bond motifs is 6. The molecule has 1 aliphatic rings. The Morgan fingerprint density at radius 2 is 1.17 bits per heavy atom. The molecule has 0 unspecified atom stereocenters. The molecule has 5 aromatic carbocycles. The average Bonchev–Trinajstić information content (AvgIpc) is 3.58. The maximum absolute atomic E-state index is 6.08. The molecular formula is C36H20N4O. The third-order valence-corrected chi connectivity index (χ3v) is 7.93. The predicted octanol–water partition coefficient (Wildman–Crippen LogP) is 8.97. The smallest absolute Gasteiger partial charge is 0.228 e. The van der Waals surface area contributed by atoms with Gasteiger partial charge in [0.15, 0.2) is 17.5 Å². The number of furan rings is 1. The van der Waals surface area contributed by atoms with E-state index in [1.165, 1.54) is 33.0 Å². The molecule has 9 rings (SSSR count). The van der Waals surface area contributed by atoms with Crippen molar-refractivity contribution in [3.63, 3.8) is 0 Å². The van der Waals surface area contributed by atoms with Gasteiger partial charge in [0.05, 0.1) is 5.39 Å². The van der Waals surface area contributed by atoms with Crippen LogP contribution in [0.5, 0.6) is 0 Å². The zero-order valence-electron chi connectivity index (χ0n) is 21.7. The molecule has 0 radical (unpaired) electrons. The van der Waals surface area contributed by atoms with E-state index in [9.17, 15) is 0 Å². The lowest BCUT2D eigenvalue weighted by Crippen LogP contribution is -2.00. The largest absolute Gasteiger partial charge is 0.438 e. The highest BCUT2D eigenvalue weighted by Gasteiger charge is 2.23. The summed E-state index contributed by atoms with van der Waals surface area (Å²) in [5, 5.41) is 4.32. The minimum Gasteiger partial charge on any atom is -0.438 e. The van der Waals surface area contributed by atoms with E-state index < -0.39 is 0 Å². The van der Waals surface area contributed by atoms with Gasteiger partial charge in [-0.15, -0.1) is 0 Å². The first-order valence-electron chi connectivity index (χ1n) is 13.6. The molecule has 1 aliphatic carbocycles. The molecule has 5 nitrogen and oxygen atoms in total. The minimum absolute atomic E-state index is 0.565. The summed E-state index contributed by atoms with van der Waals surface area (Å²) in [4.78, 5) is 19.6. The number of benzene rings is 5. The van der Waals surface area contributed by atoms with E-state index >= 15 is 0 Å². The molecule has 3 heterocycles. The number of aromatic nitrogens is 4. The summed E-state index contributed by atoms with van der Waals surface area (Å²) < 4.78 is 6.08. The van der Waals surface area contributed by atoms with E-state index in [0.29, 0.717) is 23.2 Å². The van der Waals surface area contributed by atoms with Crippen molar-refractivity contribution < 1.29 is 4.42 Å². The maximum atomic E-state index is 6.08. The van der Waals surface area contributed by atoms with Gasteiger partial charge in [0.25, 0.3) is 0 Å². The van der Waals surface area contributed by atoms with Gasteiger partial charge in [0.1, 0.15) is 5.58 Å². The second-order valence-corrected chi connectivity index (χ2v) is 10.3. The Bertz CT molecular complexity index is 2320. The average molecular weight is 525 g/mol. The summed E-state index contributed by atoms with van der Waals surface area (Å²) in [6.45, 7) is 0. The van der Waals surface area contributed by atoms with Crippen LogP contribution in [0.4, 0.5) is 0 Å². The number of hydrogen-bond acceptors (Lipinski definition) is 5. The van der Waals surface area contributed by atoms with Crippen molar-refractivity contribution >= 4 is 32.8 Å². The lowest BCUT2D eigenvalue weighted by molar-refractivity contribution is 0.654. The second-order valence-electron chi connectivity index (χ2n) is 10.3. The first-order chi connectivity index (χ1) is 20.3. The molecule has 190 valence electrons. The molecule has 0 amide bonds. The number of para-hydroxylation sites is 1. The Kier molecular flexibility index (Phi) is 4.55. The fourth-order valence-electron chi connectivity index (χ4n) is 6.12. The summed E-state index contributed by atoms with van der Waals surface area (Å²) >= 11 is 0. The van der Waals surface area contributed by atoms with E-state index in [-0.39, 0.29) is 0 Å². The molecule has 8 aromatic rings. The molecule has 41 heavy (non-hydrogen) atoms. The SMILES string of the molecule is c1ccc(-c2nc(-c3cc4c5c(cccc5c3)-c3ccccc3-4)nc(-c3ccnc4oc5ccccc5c34)n2)cc1. The quantitative estimate of drug-likeness (QED) is 0.231. The molecule has 0 aliphatic heterocycles. The highest BCUT2D eigenvalue weighted by Crippen LogP contribution is 2.48. The summed E-state index contributed by atoms with van der Waals surface area (Å²) in [7, 11) is 0. The summed E-state index contributed by atoms with van der Waals surface area (Å²) in [5.41, 5.74) is 9.06. The van der Waals surface area contributed by atoms with Crippen LogP contribution < -0.4 is 0 Å². The number of nitrogens with zero attached hydrogens (tertiary/aromatic N) is 4. The molecule has 0 fully saturated rings. The van der Waals surface area contributed by atoms with E-state index in [0.717, 1.165) is 33.0 Å². The molecule has 0 bridgehead atoms. The summed E-state index contributed by atoms with van der Waals surface area (Å²) in [6.07, 6.45) is 1.75. The molecule has 0 saturated heterocycles. The fourth-order valence-corrected chi connectivity index (χ4v) is 6.12. The van der Waals surface area contributed by atoms with Crippen molar-refractivity contribution in [2.24, 2.45) is 0 Å². The molecule has 0 atom stereocenters. The first-order valence-corrected chi connectivity index (χ1v) is 13.6. The molecule has 0 saturated carbocycles. The van der Waals surface area contributed by atoms with Crippen LogP contribution in [0.1, 0.15) is 0 Å². The van der Waals surface area contributed by atoms with Crippen LogP contribution in [0.15, 0.2) is 126 Å². The lowest BCUT2D eigenvalue weighted by atomic mass is 9.99. The zero-order valence-corrected chi connectivity index (χ0v) is 21.7. The molecular weight excluding hydrogens is 504 g/mol. The molecule has 3 aromatic heterocycles. The summed E-state index contributed by atoms with van der Waals surface area (Å²) in [6, 6.07) is 39.5. The van der Waals surface area contributed by atoms with Crippen LogP contribution in [0.2, 0.25) is 0 Å². The Balaban J connectivity index is 1.33. The van der Waals surface area contributed by atoms with Crippen LogP contribution in [-0.4, -0.2) is 19.9 Å². The Labute approximate surface area is 234 Å². The second kappa shape index (κ2) is 8.41. The highest BCUT2D eigenvalue weighted by molar-refractivity contribution is 6.16. The van der Waals surface area contributed by atoms with E-state index in [1.54, 1.807) is 6.20 Å². The third kappa shape index (κ3) is 3.29. The standard InChI is InChI=1S/C36H20N4O/c1-2-9-21(10-3-1)33-38-34(23-19-22-11-8-15-26-24-12-4-5-13-25(24)29(20-23)31(22)26)40-35(39-33)28-17-18-37-36-32(28)27-14-6-7-16-30(27)41-36/h1-20H. The van der Waals surface area contributed by atoms with Crippen molar-refractivity contribution in [1.82, 2.24) is 19.9 Å². The van der Waals surface area contributed by atoms with Crippen molar-refractivity contribution in [2.45, 2.75) is 0 Å². The monoisotopic (exact) mass is 524 g/mol. The Hall–Kier alpha value is -5.68. The maximum Gasteiger partial charge on any atom is 0.228 e. The Morgan fingerprint density at radius 1 is 0.463 bits per heavy atom.